The molecule has 0 fully saturated rings. The van der Waals surface area contributed by atoms with E-state index in [0.717, 1.165) is 17.3 Å². The van der Waals surface area contributed by atoms with Crippen molar-refractivity contribution in [3.8, 4) is 11.4 Å². The summed E-state index contributed by atoms with van der Waals surface area (Å²) in [5.41, 5.74) is 4.18. The third-order valence-corrected chi connectivity index (χ3v) is 5.88. The summed E-state index contributed by atoms with van der Waals surface area (Å²) >= 11 is 7.15. The average molecular weight is 479 g/mol. The zero-order valence-corrected chi connectivity index (χ0v) is 19.1. The van der Waals surface area contributed by atoms with Crippen LogP contribution in [0.5, 0.6) is 5.75 Å². The Bertz CT molecular complexity index is 1390. The average Bonchev–Trinajstić information content (AvgIpc) is 2.84. The summed E-state index contributed by atoms with van der Waals surface area (Å²) < 4.78 is 6.74. The van der Waals surface area contributed by atoms with Gasteiger partial charge >= 0.3 is 0 Å². The number of halogens is 1. The Morgan fingerprint density at radius 2 is 1.85 bits per heavy atom. The van der Waals surface area contributed by atoms with Gasteiger partial charge in [0.2, 0.25) is 0 Å². The van der Waals surface area contributed by atoms with Crippen LogP contribution in [0, 0.1) is 0 Å². The lowest BCUT2D eigenvalue weighted by molar-refractivity contribution is -0.118. The molecule has 166 valence electrons. The lowest BCUT2D eigenvalue weighted by Crippen LogP contribution is -2.24. The normalized spacial score (nSPS) is 11.1. The first kappa shape index (κ1) is 22.6. The molecule has 0 unspecified atom stereocenters. The number of carbonyl (C=O) groups excluding carboxylic acids is 1. The number of amides is 1. The van der Waals surface area contributed by atoms with E-state index in [-0.39, 0.29) is 17.2 Å². The number of para-hydroxylation sites is 2. The molecule has 4 rings (SSSR count). The molecule has 0 aliphatic heterocycles. The van der Waals surface area contributed by atoms with Gasteiger partial charge in [0.05, 0.1) is 35.7 Å². The van der Waals surface area contributed by atoms with Crippen molar-refractivity contribution in [3.05, 3.63) is 93.7 Å². The highest BCUT2D eigenvalue weighted by Gasteiger charge is 2.14. The quantitative estimate of drug-likeness (QED) is 0.185. The van der Waals surface area contributed by atoms with Crippen LogP contribution in [-0.4, -0.2) is 34.5 Å². The van der Waals surface area contributed by atoms with Gasteiger partial charge in [0.15, 0.2) is 5.16 Å². The lowest BCUT2D eigenvalue weighted by atomic mass is 10.2. The smallest absolute Gasteiger partial charge is 0.266 e. The monoisotopic (exact) mass is 478 g/mol. The van der Waals surface area contributed by atoms with Crippen LogP contribution in [0.3, 0.4) is 0 Å². The summed E-state index contributed by atoms with van der Waals surface area (Å²) in [4.78, 5) is 30.2. The van der Waals surface area contributed by atoms with Crippen molar-refractivity contribution in [2.45, 2.75) is 5.16 Å². The summed E-state index contributed by atoms with van der Waals surface area (Å²) in [6.45, 7) is 0. The van der Waals surface area contributed by atoms with Crippen LogP contribution in [0.2, 0.25) is 5.02 Å². The summed E-state index contributed by atoms with van der Waals surface area (Å²) in [7, 11) is 1.57. The number of rotatable bonds is 7. The molecule has 0 radical (unpaired) electrons. The largest absolute Gasteiger partial charge is 0.496 e. The number of nitrogens with one attached hydrogen (secondary N) is 1. The zero-order valence-electron chi connectivity index (χ0n) is 17.6. The van der Waals surface area contributed by atoms with Crippen LogP contribution in [0.25, 0.3) is 16.6 Å². The summed E-state index contributed by atoms with van der Waals surface area (Å²) in [5.74, 6) is 0.329. The third-order valence-electron chi connectivity index (χ3n) is 4.69. The molecule has 1 amide bonds. The van der Waals surface area contributed by atoms with Crippen LogP contribution in [0.4, 0.5) is 0 Å². The van der Waals surface area contributed by atoms with Crippen LogP contribution in [-0.2, 0) is 4.79 Å². The van der Waals surface area contributed by atoms with Crippen LogP contribution < -0.4 is 15.7 Å². The lowest BCUT2D eigenvalue weighted by Gasteiger charge is -2.13. The molecule has 9 heteroatoms. The topological polar surface area (TPSA) is 85.6 Å². The summed E-state index contributed by atoms with van der Waals surface area (Å²) in [6, 6.07) is 21.3. The third kappa shape index (κ3) is 5.24. The number of hydrogen-bond donors (Lipinski definition) is 1. The highest BCUT2D eigenvalue weighted by Crippen LogP contribution is 2.22. The van der Waals surface area contributed by atoms with Gasteiger partial charge in [0.1, 0.15) is 5.75 Å². The molecule has 3 aromatic carbocycles. The van der Waals surface area contributed by atoms with Gasteiger partial charge in [0.25, 0.3) is 11.5 Å². The van der Waals surface area contributed by atoms with Crippen molar-refractivity contribution in [2.24, 2.45) is 5.10 Å². The molecule has 1 N–H and O–H groups in total. The molecule has 7 nitrogen and oxygen atoms in total. The van der Waals surface area contributed by atoms with Gasteiger partial charge in [-0.25, -0.2) is 10.4 Å². The van der Waals surface area contributed by atoms with E-state index in [4.69, 9.17) is 16.3 Å². The Labute approximate surface area is 199 Å². The molecule has 0 atom stereocenters. The minimum atomic E-state index is -0.337. The van der Waals surface area contributed by atoms with Gasteiger partial charge in [-0.1, -0.05) is 47.6 Å². The molecular formula is C24H19ClN4O3S. The van der Waals surface area contributed by atoms with E-state index in [0.29, 0.717) is 32.5 Å². The molecule has 0 spiro atoms. The molecule has 0 bridgehead atoms. The first-order valence-electron chi connectivity index (χ1n) is 9.92. The Morgan fingerprint density at radius 1 is 1.12 bits per heavy atom. The maximum absolute atomic E-state index is 13.2. The van der Waals surface area contributed by atoms with Crippen LogP contribution >= 0.6 is 23.4 Å². The Balaban J connectivity index is 1.56. The van der Waals surface area contributed by atoms with Crippen molar-refractivity contribution in [1.29, 1.82) is 0 Å². The molecule has 0 saturated carbocycles. The van der Waals surface area contributed by atoms with Crippen molar-refractivity contribution in [1.82, 2.24) is 15.0 Å². The van der Waals surface area contributed by atoms with E-state index in [2.05, 4.69) is 15.5 Å². The first-order valence-corrected chi connectivity index (χ1v) is 11.3. The number of benzene rings is 3. The number of fused-ring (bicyclic) bond motifs is 1. The number of ether oxygens (including phenoxy) is 1. The number of hydrazone groups is 1. The standard InChI is InChI=1S/C24H19ClN4O3S/c1-32-21-9-5-2-6-16(21)14-26-28-22(30)15-33-24-27-20-8-4-3-7-19(20)23(31)29(24)18-12-10-17(25)11-13-18/h2-14H,15H2,1H3,(H,28,30)/b26-14-. The number of methoxy groups -OCH3 is 1. The predicted molar refractivity (Wildman–Crippen MR) is 132 cm³/mol. The molecule has 0 aliphatic carbocycles. The van der Waals surface area contributed by atoms with E-state index < -0.39 is 0 Å². The summed E-state index contributed by atoms with van der Waals surface area (Å²) in [6.07, 6.45) is 1.51. The maximum atomic E-state index is 13.2. The zero-order chi connectivity index (χ0) is 23.2. The minimum absolute atomic E-state index is 0.0155. The van der Waals surface area contributed by atoms with Gasteiger partial charge in [-0.05, 0) is 48.5 Å². The van der Waals surface area contributed by atoms with Crippen molar-refractivity contribution in [2.75, 3.05) is 12.9 Å². The second-order valence-corrected chi connectivity index (χ2v) is 8.23. The fourth-order valence-corrected chi connectivity index (χ4v) is 4.07. The van der Waals surface area contributed by atoms with E-state index in [9.17, 15) is 9.59 Å². The predicted octanol–water partition coefficient (Wildman–Crippen LogP) is 4.29. The first-order chi connectivity index (χ1) is 16.1. The second kappa shape index (κ2) is 10.3. The fraction of sp³-hybridized carbons (Fsp3) is 0.0833. The molecule has 1 aromatic heterocycles. The van der Waals surface area contributed by atoms with Gasteiger partial charge in [0, 0.05) is 10.6 Å². The number of thioether (sulfide) groups is 1. The van der Waals surface area contributed by atoms with Crippen LogP contribution in [0.15, 0.2) is 87.8 Å². The Hall–Kier alpha value is -3.62. The molecular weight excluding hydrogens is 460 g/mol. The Kier molecular flexibility index (Phi) is 7.07. The number of aromatic nitrogens is 2. The molecule has 1 heterocycles. The van der Waals surface area contributed by atoms with Crippen molar-refractivity contribution in [3.63, 3.8) is 0 Å². The van der Waals surface area contributed by atoms with Gasteiger partial charge in [-0.3, -0.25) is 14.2 Å². The van der Waals surface area contributed by atoms with Gasteiger partial charge in [-0.15, -0.1) is 0 Å². The molecule has 0 saturated heterocycles. The van der Waals surface area contributed by atoms with Gasteiger partial charge < -0.3 is 4.74 Å². The summed E-state index contributed by atoms with van der Waals surface area (Å²) in [5, 5.41) is 5.44. The van der Waals surface area contributed by atoms with E-state index in [1.165, 1.54) is 10.8 Å². The minimum Gasteiger partial charge on any atom is -0.496 e. The Morgan fingerprint density at radius 3 is 2.64 bits per heavy atom. The number of hydrogen-bond acceptors (Lipinski definition) is 6. The fourth-order valence-electron chi connectivity index (χ4n) is 3.14. The van der Waals surface area contributed by atoms with Crippen LogP contribution in [0.1, 0.15) is 5.56 Å². The molecule has 33 heavy (non-hydrogen) atoms. The molecule has 0 aliphatic rings. The van der Waals surface area contributed by atoms with Gasteiger partial charge in [-0.2, -0.15) is 5.10 Å². The van der Waals surface area contributed by atoms with E-state index in [1.54, 1.807) is 55.6 Å². The number of carbonyl (C=O) groups is 1. The second-order valence-electron chi connectivity index (χ2n) is 6.85. The number of nitrogens with zero attached hydrogens (tertiary/aromatic N) is 3. The maximum Gasteiger partial charge on any atom is 0.266 e. The van der Waals surface area contributed by atoms with Crippen molar-refractivity contribution < 1.29 is 9.53 Å². The van der Waals surface area contributed by atoms with Crippen molar-refractivity contribution >= 4 is 46.4 Å². The highest BCUT2D eigenvalue weighted by molar-refractivity contribution is 7.99. The van der Waals surface area contributed by atoms with E-state index >= 15 is 0 Å². The SMILES string of the molecule is COc1ccccc1/C=N\NC(=O)CSc1nc2ccccc2c(=O)n1-c1ccc(Cl)cc1. The highest BCUT2D eigenvalue weighted by atomic mass is 35.5. The molecule has 4 aromatic rings. The van der Waals surface area contributed by atoms with E-state index in [1.807, 2.05) is 24.3 Å².